The highest BCUT2D eigenvalue weighted by Crippen LogP contribution is 2.15. The van der Waals surface area contributed by atoms with Crippen LogP contribution in [0.25, 0.3) is 0 Å². The molecule has 1 N–H and O–H groups in total. The first-order valence-electron chi connectivity index (χ1n) is 13.6. The van der Waals surface area contributed by atoms with E-state index in [1.165, 1.54) is 76.3 Å². The monoisotopic (exact) mass is 594 g/mol. The molecule has 0 saturated heterocycles. The van der Waals surface area contributed by atoms with Gasteiger partial charge in [0.05, 0.1) is 13.0 Å². The molecule has 0 unspecified atom stereocenters. The fraction of sp³-hybridized carbons (Fsp3) is 0.600. The fourth-order valence-corrected chi connectivity index (χ4v) is 4.23. The van der Waals surface area contributed by atoms with Gasteiger partial charge >= 0.3 is 0 Å². The summed E-state index contributed by atoms with van der Waals surface area (Å²) in [5.41, 5.74) is 2.22. The van der Waals surface area contributed by atoms with Crippen molar-refractivity contribution in [3.63, 3.8) is 0 Å². The highest BCUT2D eigenvalue weighted by atomic mass is 127. The molecule has 0 atom stereocenters. The lowest BCUT2D eigenvalue weighted by Crippen LogP contribution is -3.00. The molecule has 0 aliphatic rings. The number of carbonyl (C=O) groups is 1. The molecular weight excluding hydrogens is 547 g/mol. The Labute approximate surface area is 231 Å². The number of hydrogen-bond acceptors (Lipinski definition) is 2. The maximum Gasteiger partial charge on any atom is 0.224 e. The van der Waals surface area contributed by atoms with E-state index in [1.807, 2.05) is 49.6 Å². The lowest BCUT2D eigenvalue weighted by Gasteiger charge is -2.08. The lowest BCUT2D eigenvalue weighted by molar-refractivity contribution is -0.679. The third-order valence-electron chi connectivity index (χ3n) is 6.42. The van der Waals surface area contributed by atoms with Crippen molar-refractivity contribution in [2.75, 3.05) is 13.2 Å². The number of benzene rings is 1. The average Bonchev–Trinajstić information content (AvgIpc) is 2.84. The standard InChI is InChI=1S/C30H46N2O2.HI/c1-3-4-5-6-7-8-9-10-11-12-13-16-25-34-29-20-18-27(19-21-29)26-30(33)31-23-22-28-17-14-15-24-32(28)2;/h14-15,17-21,24H,3-13,16,22-23,25-26H2,1-2H3;1H. The number of amides is 1. The number of halogens is 1. The van der Waals surface area contributed by atoms with Crippen molar-refractivity contribution < 1.29 is 38.1 Å². The molecule has 2 aromatic rings. The van der Waals surface area contributed by atoms with E-state index < -0.39 is 0 Å². The van der Waals surface area contributed by atoms with Crippen LogP contribution >= 0.6 is 0 Å². The Morgan fingerprint density at radius 2 is 1.43 bits per heavy atom. The van der Waals surface area contributed by atoms with Gasteiger partial charge in [-0.25, -0.2) is 4.57 Å². The first-order valence-corrected chi connectivity index (χ1v) is 13.6. The third kappa shape index (κ3) is 15.2. The number of nitrogens with one attached hydrogen (secondary N) is 1. The molecule has 0 spiro atoms. The van der Waals surface area contributed by atoms with Gasteiger partial charge in [-0.1, -0.05) is 95.8 Å². The molecule has 1 heterocycles. The summed E-state index contributed by atoms with van der Waals surface area (Å²) in [6.07, 6.45) is 19.5. The molecule has 0 fully saturated rings. The second kappa shape index (κ2) is 20.6. The van der Waals surface area contributed by atoms with Gasteiger partial charge in [0.1, 0.15) is 12.8 Å². The smallest absolute Gasteiger partial charge is 0.224 e. The molecule has 1 aromatic heterocycles. The van der Waals surface area contributed by atoms with Crippen molar-refractivity contribution in [1.29, 1.82) is 0 Å². The van der Waals surface area contributed by atoms with E-state index in [9.17, 15) is 4.79 Å². The number of rotatable bonds is 19. The summed E-state index contributed by atoms with van der Waals surface area (Å²) in [5.74, 6) is 0.951. The van der Waals surface area contributed by atoms with E-state index in [-0.39, 0.29) is 29.9 Å². The number of unbranched alkanes of at least 4 members (excludes halogenated alkanes) is 11. The summed E-state index contributed by atoms with van der Waals surface area (Å²) < 4.78 is 7.97. The van der Waals surface area contributed by atoms with Gasteiger partial charge < -0.3 is 34.0 Å². The zero-order valence-corrected chi connectivity index (χ0v) is 24.2. The molecular formula is C30H47IN2O2. The summed E-state index contributed by atoms with van der Waals surface area (Å²) in [6, 6.07) is 14.1. The quantitative estimate of drug-likeness (QED) is 0.154. The van der Waals surface area contributed by atoms with Crippen LogP contribution in [0.4, 0.5) is 0 Å². The van der Waals surface area contributed by atoms with Crippen LogP contribution in [0.15, 0.2) is 48.7 Å². The van der Waals surface area contributed by atoms with Gasteiger partial charge in [0, 0.05) is 25.1 Å². The van der Waals surface area contributed by atoms with Crippen LogP contribution in [0.2, 0.25) is 0 Å². The van der Waals surface area contributed by atoms with Crippen molar-refractivity contribution in [3.05, 3.63) is 59.9 Å². The Kier molecular flexibility index (Phi) is 18.4. The Hall–Kier alpha value is -1.63. The summed E-state index contributed by atoms with van der Waals surface area (Å²) >= 11 is 0. The molecule has 0 aliphatic heterocycles. The second-order valence-corrected chi connectivity index (χ2v) is 9.46. The largest absolute Gasteiger partial charge is 1.00 e. The zero-order chi connectivity index (χ0) is 24.3. The number of carbonyl (C=O) groups excluding carboxylic acids is 1. The van der Waals surface area contributed by atoms with Gasteiger partial charge in [0.25, 0.3) is 0 Å². The molecule has 196 valence electrons. The molecule has 2 rings (SSSR count). The van der Waals surface area contributed by atoms with Crippen molar-refractivity contribution in [1.82, 2.24) is 5.32 Å². The molecule has 4 nitrogen and oxygen atoms in total. The Balaban J connectivity index is 0.00000612. The van der Waals surface area contributed by atoms with Gasteiger partial charge in [-0.15, -0.1) is 0 Å². The number of nitrogens with zero attached hydrogens (tertiary/aromatic N) is 1. The zero-order valence-electron chi connectivity index (χ0n) is 22.1. The molecule has 5 heteroatoms. The summed E-state index contributed by atoms with van der Waals surface area (Å²) in [7, 11) is 2.03. The summed E-state index contributed by atoms with van der Waals surface area (Å²) in [5, 5.41) is 3.02. The first-order chi connectivity index (χ1) is 16.7. The molecule has 0 saturated carbocycles. The van der Waals surface area contributed by atoms with E-state index in [0.29, 0.717) is 13.0 Å². The summed E-state index contributed by atoms with van der Waals surface area (Å²) in [4.78, 5) is 12.2. The molecule has 0 bridgehead atoms. The highest BCUT2D eigenvalue weighted by Gasteiger charge is 2.07. The molecule has 0 radical (unpaired) electrons. The Bertz CT molecular complexity index is 795. The lowest BCUT2D eigenvalue weighted by atomic mass is 10.1. The average molecular weight is 595 g/mol. The minimum atomic E-state index is 0. The van der Waals surface area contributed by atoms with Gasteiger partial charge in [-0.3, -0.25) is 4.79 Å². The van der Waals surface area contributed by atoms with Crippen LogP contribution < -0.4 is 38.6 Å². The van der Waals surface area contributed by atoms with Crippen molar-refractivity contribution >= 4 is 5.91 Å². The number of pyridine rings is 1. The molecule has 35 heavy (non-hydrogen) atoms. The Morgan fingerprint density at radius 1 is 0.829 bits per heavy atom. The van der Waals surface area contributed by atoms with Crippen LogP contribution in [-0.4, -0.2) is 19.1 Å². The number of hydrogen-bond donors (Lipinski definition) is 1. The minimum absolute atomic E-state index is 0. The first kappa shape index (κ1) is 31.4. The van der Waals surface area contributed by atoms with Crippen molar-refractivity contribution in [3.8, 4) is 5.75 Å². The van der Waals surface area contributed by atoms with Crippen LogP contribution in [0.3, 0.4) is 0 Å². The number of aryl methyl sites for hydroxylation is 1. The SMILES string of the molecule is CCCCCCCCCCCCCCOc1ccc(CC(=O)NCCc2cccc[n+]2C)cc1.[I-]. The van der Waals surface area contributed by atoms with E-state index in [1.54, 1.807) is 0 Å². The highest BCUT2D eigenvalue weighted by molar-refractivity contribution is 5.78. The third-order valence-corrected chi connectivity index (χ3v) is 6.42. The van der Waals surface area contributed by atoms with Crippen LogP contribution in [-0.2, 0) is 24.7 Å². The van der Waals surface area contributed by atoms with Crippen LogP contribution in [0.1, 0.15) is 95.2 Å². The van der Waals surface area contributed by atoms with Gasteiger partial charge in [0.2, 0.25) is 5.91 Å². The number of aromatic nitrogens is 1. The predicted molar refractivity (Wildman–Crippen MR) is 141 cm³/mol. The van der Waals surface area contributed by atoms with Crippen molar-refractivity contribution in [2.45, 2.75) is 96.8 Å². The van der Waals surface area contributed by atoms with Gasteiger partial charge in [0.15, 0.2) is 11.9 Å². The maximum absolute atomic E-state index is 12.2. The second-order valence-electron chi connectivity index (χ2n) is 9.46. The topological polar surface area (TPSA) is 42.2 Å². The van der Waals surface area contributed by atoms with Crippen LogP contribution in [0.5, 0.6) is 5.75 Å². The van der Waals surface area contributed by atoms with E-state index in [2.05, 4.69) is 22.9 Å². The fourth-order valence-electron chi connectivity index (χ4n) is 4.23. The minimum Gasteiger partial charge on any atom is -1.00 e. The van der Waals surface area contributed by atoms with Gasteiger partial charge in [-0.2, -0.15) is 0 Å². The predicted octanol–water partition coefficient (Wildman–Crippen LogP) is 3.50. The molecule has 1 amide bonds. The van der Waals surface area contributed by atoms with E-state index in [0.717, 1.165) is 30.8 Å². The number of ether oxygens (including phenoxy) is 1. The maximum atomic E-state index is 12.2. The normalized spacial score (nSPS) is 10.6. The van der Waals surface area contributed by atoms with E-state index in [4.69, 9.17) is 4.74 Å². The van der Waals surface area contributed by atoms with Crippen molar-refractivity contribution in [2.24, 2.45) is 7.05 Å². The summed E-state index contributed by atoms with van der Waals surface area (Å²) in [6.45, 7) is 3.70. The van der Waals surface area contributed by atoms with E-state index >= 15 is 0 Å². The Morgan fingerprint density at radius 3 is 2.03 bits per heavy atom. The molecule has 0 aliphatic carbocycles. The van der Waals surface area contributed by atoms with Gasteiger partial charge in [-0.05, 0) is 24.1 Å². The van der Waals surface area contributed by atoms with Crippen LogP contribution in [0, 0.1) is 0 Å². The molecule has 1 aromatic carbocycles.